The molecule has 0 spiro atoms. The predicted molar refractivity (Wildman–Crippen MR) is 69.7 cm³/mol. The van der Waals surface area contributed by atoms with E-state index >= 15 is 0 Å². The van der Waals surface area contributed by atoms with Crippen LogP contribution in [0.3, 0.4) is 0 Å². The van der Waals surface area contributed by atoms with E-state index < -0.39 is 0 Å². The largest absolute Gasteiger partial charge is 0.327 e. The summed E-state index contributed by atoms with van der Waals surface area (Å²) in [5, 5.41) is 0.884. The molecule has 2 aromatic rings. The van der Waals surface area contributed by atoms with E-state index in [0.717, 1.165) is 22.8 Å². The Morgan fingerprint density at radius 3 is 3.00 bits per heavy atom. The molecule has 1 atom stereocenters. The zero-order valence-corrected chi connectivity index (χ0v) is 10.8. The van der Waals surface area contributed by atoms with Gasteiger partial charge in [0.1, 0.15) is 5.82 Å². The summed E-state index contributed by atoms with van der Waals surface area (Å²) >= 11 is 1.62. The molecule has 1 aromatic heterocycles. The summed E-state index contributed by atoms with van der Waals surface area (Å²) in [6, 6.07) is 4.84. The second-order valence-electron chi connectivity index (χ2n) is 4.07. The van der Waals surface area contributed by atoms with Gasteiger partial charge < -0.3 is 10.3 Å². The highest BCUT2D eigenvalue weighted by molar-refractivity contribution is 7.99. The highest BCUT2D eigenvalue weighted by Crippen LogP contribution is 2.23. The Morgan fingerprint density at radius 2 is 2.29 bits per heavy atom. The number of nitrogens with zero attached hydrogens (tertiary/aromatic N) is 2. The molecule has 1 unspecified atom stereocenters. The molecule has 1 heterocycles. The molecule has 17 heavy (non-hydrogen) atoms. The first-order valence-electron chi connectivity index (χ1n) is 5.62. The van der Waals surface area contributed by atoms with E-state index in [1.807, 2.05) is 11.6 Å². The van der Waals surface area contributed by atoms with Crippen molar-refractivity contribution in [3.05, 3.63) is 24.0 Å². The zero-order valence-electron chi connectivity index (χ0n) is 9.98. The summed E-state index contributed by atoms with van der Waals surface area (Å²) in [7, 11) is 1.94. The van der Waals surface area contributed by atoms with Crippen LogP contribution in [0.5, 0.6) is 0 Å². The Kier molecular flexibility index (Phi) is 3.69. The maximum Gasteiger partial charge on any atom is 0.168 e. The number of rotatable bonds is 4. The van der Waals surface area contributed by atoms with Gasteiger partial charge in [-0.15, -0.1) is 0 Å². The highest BCUT2D eigenvalue weighted by atomic mass is 32.2. The van der Waals surface area contributed by atoms with Crippen molar-refractivity contribution in [1.29, 1.82) is 0 Å². The smallest absolute Gasteiger partial charge is 0.168 e. The van der Waals surface area contributed by atoms with E-state index in [-0.39, 0.29) is 11.9 Å². The molecule has 2 rings (SSSR count). The molecular weight excluding hydrogens is 237 g/mol. The molecular formula is C12H16FN3S. The topological polar surface area (TPSA) is 43.8 Å². The van der Waals surface area contributed by atoms with Gasteiger partial charge >= 0.3 is 0 Å². The first-order chi connectivity index (χ1) is 8.11. The first-order valence-corrected chi connectivity index (χ1v) is 6.60. The van der Waals surface area contributed by atoms with Crippen molar-refractivity contribution in [1.82, 2.24) is 9.55 Å². The normalized spacial score (nSPS) is 13.2. The predicted octanol–water partition coefficient (Wildman–Crippen LogP) is 2.54. The molecule has 0 fully saturated rings. The molecule has 5 heteroatoms. The van der Waals surface area contributed by atoms with Crippen molar-refractivity contribution in [3.63, 3.8) is 0 Å². The quantitative estimate of drug-likeness (QED) is 0.852. The SMILES string of the molecule is CCC(N)CSc1nc2cc(F)ccc2n1C. The molecule has 92 valence electrons. The molecule has 0 radical (unpaired) electrons. The van der Waals surface area contributed by atoms with Crippen LogP contribution >= 0.6 is 11.8 Å². The maximum atomic E-state index is 13.1. The molecule has 2 N–H and O–H groups in total. The van der Waals surface area contributed by atoms with Gasteiger partial charge in [0.25, 0.3) is 0 Å². The van der Waals surface area contributed by atoms with Gasteiger partial charge in [-0.3, -0.25) is 0 Å². The van der Waals surface area contributed by atoms with Crippen molar-refractivity contribution in [2.45, 2.75) is 24.5 Å². The van der Waals surface area contributed by atoms with E-state index in [1.54, 1.807) is 17.8 Å². The van der Waals surface area contributed by atoms with E-state index in [9.17, 15) is 4.39 Å². The summed E-state index contributed by atoms with van der Waals surface area (Å²) in [6.07, 6.45) is 0.950. The Morgan fingerprint density at radius 1 is 1.53 bits per heavy atom. The van der Waals surface area contributed by atoms with E-state index in [1.165, 1.54) is 12.1 Å². The van der Waals surface area contributed by atoms with Crippen LogP contribution in [0.25, 0.3) is 11.0 Å². The molecule has 3 nitrogen and oxygen atoms in total. The Labute approximate surface area is 104 Å². The van der Waals surface area contributed by atoms with Crippen LogP contribution in [0.2, 0.25) is 0 Å². The van der Waals surface area contributed by atoms with Crippen molar-refractivity contribution in [3.8, 4) is 0 Å². The van der Waals surface area contributed by atoms with Gasteiger partial charge in [0.05, 0.1) is 11.0 Å². The molecule has 1 aromatic carbocycles. The van der Waals surface area contributed by atoms with Crippen LogP contribution in [-0.4, -0.2) is 21.3 Å². The lowest BCUT2D eigenvalue weighted by Crippen LogP contribution is -2.21. The molecule has 0 aliphatic rings. The van der Waals surface area contributed by atoms with Crippen molar-refractivity contribution >= 4 is 22.8 Å². The number of thioether (sulfide) groups is 1. The van der Waals surface area contributed by atoms with E-state index in [4.69, 9.17) is 5.73 Å². The fourth-order valence-electron chi connectivity index (χ4n) is 1.58. The van der Waals surface area contributed by atoms with Crippen molar-refractivity contribution in [2.75, 3.05) is 5.75 Å². The minimum absolute atomic E-state index is 0.177. The van der Waals surface area contributed by atoms with Gasteiger partial charge in [0.2, 0.25) is 0 Å². The number of benzene rings is 1. The standard InChI is InChI=1S/C12H16FN3S/c1-3-9(14)7-17-12-15-10-6-8(13)4-5-11(10)16(12)2/h4-6,9H,3,7,14H2,1-2H3. The summed E-state index contributed by atoms with van der Waals surface area (Å²) in [5.74, 6) is 0.577. The zero-order chi connectivity index (χ0) is 12.4. The molecule has 0 aliphatic heterocycles. The number of nitrogens with two attached hydrogens (primary N) is 1. The minimum atomic E-state index is -0.252. The monoisotopic (exact) mass is 253 g/mol. The lowest BCUT2D eigenvalue weighted by atomic mass is 10.3. The third kappa shape index (κ3) is 2.61. The second kappa shape index (κ2) is 5.06. The Bertz CT molecular complexity index is 524. The fraction of sp³-hybridized carbons (Fsp3) is 0.417. The van der Waals surface area contributed by atoms with Crippen molar-refractivity contribution in [2.24, 2.45) is 12.8 Å². The average molecular weight is 253 g/mol. The number of aryl methyl sites for hydroxylation is 1. The molecule has 0 saturated heterocycles. The lowest BCUT2D eigenvalue weighted by Gasteiger charge is -2.07. The summed E-state index contributed by atoms with van der Waals surface area (Å²) in [4.78, 5) is 4.41. The third-order valence-corrected chi connectivity index (χ3v) is 3.97. The van der Waals surface area contributed by atoms with Gasteiger partial charge in [-0.2, -0.15) is 0 Å². The molecule has 0 saturated carbocycles. The van der Waals surface area contributed by atoms with Gasteiger partial charge in [-0.25, -0.2) is 9.37 Å². The van der Waals surface area contributed by atoms with Crippen LogP contribution < -0.4 is 5.73 Å². The molecule has 0 aliphatic carbocycles. The second-order valence-corrected chi connectivity index (χ2v) is 5.05. The first kappa shape index (κ1) is 12.4. The summed E-state index contributed by atoms with van der Waals surface area (Å²) < 4.78 is 15.0. The lowest BCUT2D eigenvalue weighted by molar-refractivity contribution is 0.629. The van der Waals surface area contributed by atoms with Gasteiger partial charge in [0, 0.05) is 24.9 Å². The fourth-order valence-corrected chi connectivity index (χ4v) is 2.63. The van der Waals surface area contributed by atoms with Crippen LogP contribution in [0.4, 0.5) is 4.39 Å². The maximum absolute atomic E-state index is 13.1. The highest BCUT2D eigenvalue weighted by Gasteiger charge is 2.10. The summed E-state index contributed by atoms with van der Waals surface area (Å²) in [6.45, 7) is 2.07. The number of hydrogen-bond acceptors (Lipinski definition) is 3. The number of fused-ring (bicyclic) bond motifs is 1. The Hall–Kier alpha value is -1.07. The minimum Gasteiger partial charge on any atom is -0.327 e. The third-order valence-electron chi connectivity index (χ3n) is 2.75. The van der Waals surface area contributed by atoms with Crippen LogP contribution in [0.15, 0.2) is 23.4 Å². The molecule has 0 bridgehead atoms. The number of aromatic nitrogens is 2. The average Bonchev–Trinajstić information content (AvgIpc) is 2.62. The molecule has 0 amide bonds. The Balaban J connectivity index is 2.26. The van der Waals surface area contributed by atoms with Crippen LogP contribution in [0, 0.1) is 5.82 Å². The van der Waals surface area contributed by atoms with Crippen LogP contribution in [0.1, 0.15) is 13.3 Å². The number of halogens is 1. The van der Waals surface area contributed by atoms with Crippen molar-refractivity contribution < 1.29 is 4.39 Å². The van der Waals surface area contributed by atoms with E-state index in [2.05, 4.69) is 11.9 Å². The van der Waals surface area contributed by atoms with Gasteiger partial charge in [-0.1, -0.05) is 18.7 Å². The van der Waals surface area contributed by atoms with Crippen LogP contribution in [-0.2, 0) is 7.05 Å². The summed E-state index contributed by atoms with van der Waals surface area (Å²) in [5.41, 5.74) is 7.51. The number of hydrogen-bond donors (Lipinski definition) is 1. The van der Waals surface area contributed by atoms with Gasteiger partial charge in [-0.05, 0) is 18.6 Å². The van der Waals surface area contributed by atoms with Gasteiger partial charge in [0.15, 0.2) is 5.16 Å². The number of imidazole rings is 1. The van der Waals surface area contributed by atoms with E-state index in [0.29, 0.717) is 5.52 Å².